The lowest BCUT2D eigenvalue weighted by Gasteiger charge is -2.40. The highest BCUT2D eigenvalue weighted by Gasteiger charge is 2.43. The van der Waals surface area contributed by atoms with Crippen LogP contribution in [0.5, 0.6) is 0 Å². The van der Waals surface area contributed by atoms with Gasteiger partial charge in [-0.05, 0) is 41.0 Å². The fourth-order valence-corrected chi connectivity index (χ4v) is 4.47. The maximum absolute atomic E-state index is 13.3. The van der Waals surface area contributed by atoms with Crippen molar-refractivity contribution in [1.82, 2.24) is 20.5 Å². The van der Waals surface area contributed by atoms with Gasteiger partial charge in [-0.1, -0.05) is 6.92 Å². The van der Waals surface area contributed by atoms with Crippen molar-refractivity contribution in [3.8, 4) is 0 Å². The van der Waals surface area contributed by atoms with Gasteiger partial charge in [-0.3, -0.25) is 10.6 Å². The van der Waals surface area contributed by atoms with Gasteiger partial charge in [0.05, 0.1) is 12.3 Å². The second-order valence-electron chi connectivity index (χ2n) is 8.99. The minimum Gasteiger partial charge on any atom is -0.396 e. The summed E-state index contributed by atoms with van der Waals surface area (Å²) in [5.74, 6) is -1.88. The van der Waals surface area contributed by atoms with Gasteiger partial charge in [0.1, 0.15) is 0 Å². The Hall–Kier alpha value is -0.670. The predicted molar refractivity (Wildman–Crippen MR) is 105 cm³/mol. The molecule has 0 fully saturated rings. The molecule has 0 amide bonds. The van der Waals surface area contributed by atoms with E-state index in [2.05, 4.69) is 16.1 Å². The van der Waals surface area contributed by atoms with Crippen molar-refractivity contribution in [2.75, 3.05) is 19.7 Å². The molecular weight excluding hydrogens is 454 g/mol. The molecule has 0 rings (SSSR count). The number of hydrogen-bond acceptors (Lipinski definition) is 6. The number of hydrazine groups is 1. The highest BCUT2D eigenvalue weighted by atomic mass is 32.2. The highest BCUT2D eigenvalue weighted by molar-refractivity contribution is 7.89. The van der Waals surface area contributed by atoms with E-state index in [0.717, 1.165) is 6.92 Å². The van der Waals surface area contributed by atoms with Gasteiger partial charge in [-0.15, -0.1) is 4.41 Å². The summed E-state index contributed by atoms with van der Waals surface area (Å²) < 4.78 is 103. The molecule has 31 heavy (non-hydrogen) atoms. The first-order chi connectivity index (χ1) is 13.6. The molecule has 0 aromatic heterocycles. The first-order valence-corrected chi connectivity index (χ1v) is 11.2. The maximum atomic E-state index is 13.3. The van der Waals surface area contributed by atoms with Crippen molar-refractivity contribution in [2.24, 2.45) is 5.92 Å². The van der Waals surface area contributed by atoms with E-state index in [9.17, 15) is 39.9 Å². The Morgan fingerprint density at radius 3 is 1.87 bits per heavy atom. The number of nitrogens with one attached hydrogen (secondary N) is 3. The molecule has 188 valence electrons. The van der Waals surface area contributed by atoms with Crippen molar-refractivity contribution in [1.29, 1.82) is 0 Å². The summed E-state index contributed by atoms with van der Waals surface area (Å²) in [6, 6.07) is 0. The zero-order valence-corrected chi connectivity index (χ0v) is 19.4. The van der Waals surface area contributed by atoms with Gasteiger partial charge in [0, 0.05) is 30.8 Å². The Morgan fingerprint density at radius 2 is 1.48 bits per heavy atom. The molecule has 0 heterocycles. The molecule has 2 unspecified atom stereocenters. The molecule has 2 atom stereocenters. The summed E-state index contributed by atoms with van der Waals surface area (Å²) in [4.78, 5) is 0. The number of hydrogen-bond donors (Lipinski definition) is 4. The Morgan fingerprint density at radius 1 is 0.968 bits per heavy atom. The minimum atomic E-state index is -4.57. The van der Waals surface area contributed by atoms with E-state index < -0.39 is 64.4 Å². The van der Waals surface area contributed by atoms with E-state index in [4.69, 9.17) is 0 Å². The van der Waals surface area contributed by atoms with E-state index in [0.29, 0.717) is 4.41 Å². The Kier molecular flexibility index (Phi) is 10.7. The van der Waals surface area contributed by atoms with Crippen LogP contribution < -0.4 is 16.1 Å². The number of alkyl halides is 6. The fraction of sp³-hybridized carbons (Fsp3) is 1.00. The molecule has 0 radical (unpaired) electrons. The standard InChI is InChI=1S/C17H34F6N4O3S/c1-12(17(21,22)23)11-24-13(26-15(5,6)8-10-28)31(29,30)27(14(2,3)4)25-9-7-16(18,19)20/h12-13,24-26,28H,7-11H2,1-6H3. The average molecular weight is 489 g/mol. The summed E-state index contributed by atoms with van der Waals surface area (Å²) in [5, 5.41) is 14.2. The molecule has 0 aliphatic carbocycles. The fourth-order valence-electron chi connectivity index (χ4n) is 2.45. The van der Waals surface area contributed by atoms with Crippen molar-refractivity contribution >= 4 is 10.0 Å². The Bertz CT molecular complexity index is 648. The van der Waals surface area contributed by atoms with E-state index in [-0.39, 0.29) is 13.0 Å². The average Bonchev–Trinajstić information content (AvgIpc) is 2.51. The Labute approximate surface area is 180 Å². The SMILES string of the molecule is CC(CNC(NC(C)(C)CCO)S(=O)(=O)N(NCCC(F)(F)F)C(C)(C)C)C(F)(F)F. The van der Waals surface area contributed by atoms with Crippen LogP contribution in [0.25, 0.3) is 0 Å². The minimum absolute atomic E-state index is 0.0759. The van der Waals surface area contributed by atoms with Crippen molar-refractivity contribution in [2.45, 2.75) is 83.3 Å². The second-order valence-corrected chi connectivity index (χ2v) is 10.9. The van der Waals surface area contributed by atoms with E-state index in [1.54, 1.807) is 13.8 Å². The molecular formula is C17H34F6N4O3S. The lowest BCUT2D eigenvalue weighted by Crippen LogP contribution is -2.65. The zero-order valence-electron chi connectivity index (χ0n) is 18.6. The molecule has 0 aromatic carbocycles. The van der Waals surface area contributed by atoms with Crippen LogP contribution in [0.3, 0.4) is 0 Å². The maximum Gasteiger partial charge on any atom is 0.392 e. The lowest BCUT2D eigenvalue weighted by molar-refractivity contribution is -0.168. The number of aliphatic hydroxyl groups excluding tert-OH is 1. The lowest BCUT2D eigenvalue weighted by atomic mass is 10.0. The number of halogens is 6. The first-order valence-electron chi connectivity index (χ1n) is 9.66. The van der Waals surface area contributed by atoms with Gasteiger partial charge in [-0.2, -0.15) is 26.3 Å². The molecule has 4 N–H and O–H groups in total. The number of sulfonamides is 1. The summed E-state index contributed by atoms with van der Waals surface area (Å²) in [7, 11) is -4.55. The van der Waals surface area contributed by atoms with Gasteiger partial charge < -0.3 is 5.11 Å². The molecule has 0 aliphatic rings. The molecule has 0 saturated carbocycles. The van der Waals surface area contributed by atoms with Crippen LogP contribution in [0.2, 0.25) is 0 Å². The van der Waals surface area contributed by atoms with Gasteiger partial charge in [-0.25, -0.2) is 13.8 Å². The number of nitrogens with zero attached hydrogens (tertiary/aromatic N) is 1. The summed E-state index contributed by atoms with van der Waals surface area (Å²) >= 11 is 0. The van der Waals surface area contributed by atoms with Crippen LogP contribution in [-0.2, 0) is 10.0 Å². The normalized spacial score (nSPS) is 16.6. The van der Waals surface area contributed by atoms with Crippen LogP contribution in [0, 0.1) is 5.92 Å². The molecule has 0 saturated heterocycles. The molecule has 7 nitrogen and oxygen atoms in total. The van der Waals surface area contributed by atoms with Crippen molar-refractivity contribution in [3.63, 3.8) is 0 Å². The predicted octanol–water partition coefficient (Wildman–Crippen LogP) is 2.70. The molecule has 0 spiro atoms. The van der Waals surface area contributed by atoms with E-state index in [1.807, 2.05) is 0 Å². The van der Waals surface area contributed by atoms with Crippen LogP contribution in [0.15, 0.2) is 0 Å². The molecule has 0 aromatic rings. The number of rotatable bonds is 12. The summed E-state index contributed by atoms with van der Waals surface area (Å²) in [6.07, 6.45) is -10.3. The summed E-state index contributed by atoms with van der Waals surface area (Å²) in [5.41, 5.74) is -1.77. The quantitative estimate of drug-likeness (QED) is 0.192. The molecule has 0 bridgehead atoms. The van der Waals surface area contributed by atoms with Crippen molar-refractivity contribution in [3.05, 3.63) is 0 Å². The van der Waals surface area contributed by atoms with Crippen LogP contribution in [-0.4, -0.2) is 66.6 Å². The van der Waals surface area contributed by atoms with Crippen LogP contribution >= 0.6 is 0 Å². The van der Waals surface area contributed by atoms with Gasteiger partial charge in [0.2, 0.25) is 0 Å². The largest absolute Gasteiger partial charge is 0.396 e. The first kappa shape index (κ1) is 30.3. The van der Waals surface area contributed by atoms with Gasteiger partial charge >= 0.3 is 12.4 Å². The van der Waals surface area contributed by atoms with Gasteiger partial charge in [0.25, 0.3) is 10.0 Å². The van der Waals surface area contributed by atoms with Crippen LogP contribution in [0.4, 0.5) is 26.3 Å². The van der Waals surface area contributed by atoms with Gasteiger partial charge in [0.15, 0.2) is 5.50 Å². The smallest absolute Gasteiger partial charge is 0.392 e. The highest BCUT2D eigenvalue weighted by Crippen LogP contribution is 2.26. The van der Waals surface area contributed by atoms with Crippen LogP contribution in [0.1, 0.15) is 54.4 Å². The monoisotopic (exact) mass is 488 g/mol. The third kappa shape index (κ3) is 11.1. The summed E-state index contributed by atoms with van der Waals surface area (Å²) in [6.45, 7) is 6.43. The third-order valence-electron chi connectivity index (χ3n) is 4.25. The third-order valence-corrected chi connectivity index (χ3v) is 6.32. The Balaban J connectivity index is 5.89. The number of aliphatic hydroxyl groups is 1. The zero-order chi connectivity index (χ0) is 24.9. The van der Waals surface area contributed by atoms with Crippen molar-refractivity contribution < 1.29 is 39.9 Å². The second kappa shape index (κ2) is 11.0. The van der Waals surface area contributed by atoms with E-state index >= 15 is 0 Å². The molecule has 0 aliphatic heterocycles. The van der Waals surface area contributed by atoms with E-state index in [1.165, 1.54) is 20.8 Å². The molecule has 14 heteroatoms. The topological polar surface area (TPSA) is 93.7 Å².